The molecule has 134 valence electrons. The second-order valence-electron chi connectivity index (χ2n) is 5.02. The second-order valence-corrected chi connectivity index (χ2v) is 5.02. The molecular formula is C16H35NO5. The third-order valence-electron chi connectivity index (χ3n) is 3.16. The number of ether oxygens (including phenoxy) is 5. The molecule has 0 atom stereocenters. The van der Waals surface area contributed by atoms with Gasteiger partial charge in [0.05, 0.1) is 46.2 Å². The highest BCUT2D eigenvalue weighted by Crippen LogP contribution is 1.93. The summed E-state index contributed by atoms with van der Waals surface area (Å²) in [5.41, 5.74) is 0. The topological polar surface area (TPSA) is 49.4 Å². The van der Waals surface area contributed by atoms with Crippen molar-refractivity contribution in [1.82, 2.24) is 4.90 Å². The van der Waals surface area contributed by atoms with Crippen LogP contribution in [0.5, 0.6) is 0 Å². The molecule has 0 aromatic rings. The highest BCUT2D eigenvalue weighted by molar-refractivity contribution is 4.57. The minimum atomic E-state index is 0.639. The van der Waals surface area contributed by atoms with Crippen molar-refractivity contribution in [2.45, 2.75) is 19.8 Å². The molecule has 0 fully saturated rings. The lowest BCUT2D eigenvalue weighted by atomic mass is 10.4. The van der Waals surface area contributed by atoms with Crippen molar-refractivity contribution in [3.05, 3.63) is 0 Å². The van der Waals surface area contributed by atoms with Gasteiger partial charge in [-0.2, -0.15) is 0 Å². The van der Waals surface area contributed by atoms with Crippen LogP contribution >= 0.6 is 0 Å². The molecule has 0 aromatic carbocycles. The van der Waals surface area contributed by atoms with E-state index in [1.165, 1.54) is 6.42 Å². The molecule has 0 aliphatic rings. The molecule has 0 amide bonds. The Balaban J connectivity index is 3.72. The van der Waals surface area contributed by atoms with E-state index in [9.17, 15) is 0 Å². The standard InChI is InChI=1S/C16H35NO5/c1-4-5-9-20-10-6-17(7-11-21-15-13-18-2)8-12-22-16-14-19-3/h4-16H2,1-3H3. The maximum atomic E-state index is 5.63. The average molecular weight is 321 g/mol. The van der Waals surface area contributed by atoms with Gasteiger partial charge in [0.15, 0.2) is 0 Å². The summed E-state index contributed by atoms with van der Waals surface area (Å²) >= 11 is 0. The Morgan fingerprint density at radius 1 is 0.591 bits per heavy atom. The van der Waals surface area contributed by atoms with Gasteiger partial charge in [0.1, 0.15) is 0 Å². The summed E-state index contributed by atoms with van der Waals surface area (Å²) < 4.78 is 26.6. The maximum Gasteiger partial charge on any atom is 0.0700 e. The third-order valence-corrected chi connectivity index (χ3v) is 3.16. The van der Waals surface area contributed by atoms with Gasteiger partial charge in [-0.25, -0.2) is 0 Å². The molecule has 0 bridgehead atoms. The molecule has 0 saturated heterocycles. The number of unbranched alkanes of at least 4 members (excludes halogenated alkanes) is 1. The average Bonchev–Trinajstić information content (AvgIpc) is 2.53. The van der Waals surface area contributed by atoms with Gasteiger partial charge < -0.3 is 23.7 Å². The number of hydrogen-bond donors (Lipinski definition) is 0. The van der Waals surface area contributed by atoms with E-state index >= 15 is 0 Å². The van der Waals surface area contributed by atoms with Gasteiger partial charge in [0.2, 0.25) is 0 Å². The molecule has 22 heavy (non-hydrogen) atoms. The lowest BCUT2D eigenvalue weighted by molar-refractivity contribution is 0.0284. The molecule has 0 aliphatic carbocycles. The Morgan fingerprint density at radius 3 is 1.45 bits per heavy atom. The number of nitrogens with zero attached hydrogens (tertiary/aromatic N) is 1. The molecule has 0 saturated carbocycles. The van der Waals surface area contributed by atoms with Crippen LogP contribution < -0.4 is 0 Å². The Morgan fingerprint density at radius 2 is 1.05 bits per heavy atom. The van der Waals surface area contributed by atoms with Gasteiger partial charge in [-0.15, -0.1) is 0 Å². The van der Waals surface area contributed by atoms with Gasteiger partial charge in [0.25, 0.3) is 0 Å². The summed E-state index contributed by atoms with van der Waals surface area (Å²) in [5.74, 6) is 0. The van der Waals surface area contributed by atoms with Gasteiger partial charge >= 0.3 is 0 Å². The van der Waals surface area contributed by atoms with Crippen molar-refractivity contribution < 1.29 is 23.7 Å². The van der Waals surface area contributed by atoms with E-state index in [0.717, 1.165) is 39.3 Å². The monoisotopic (exact) mass is 321 g/mol. The first-order chi connectivity index (χ1) is 10.8. The van der Waals surface area contributed by atoms with Crippen LogP contribution in [0.2, 0.25) is 0 Å². The molecule has 0 heterocycles. The van der Waals surface area contributed by atoms with Crippen molar-refractivity contribution in [1.29, 1.82) is 0 Å². The van der Waals surface area contributed by atoms with E-state index in [2.05, 4.69) is 11.8 Å². The fourth-order valence-corrected chi connectivity index (χ4v) is 1.75. The minimum absolute atomic E-state index is 0.639. The van der Waals surface area contributed by atoms with Crippen LogP contribution in [0, 0.1) is 0 Å². The first kappa shape index (κ1) is 21.8. The highest BCUT2D eigenvalue weighted by Gasteiger charge is 2.05. The van der Waals surface area contributed by atoms with Crippen LogP contribution in [0.25, 0.3) is 0 Å². The summed E-state index contributed by atoms with van der Waals surface area (Å²) in [4.78, 5) is 2.31. The van der Waals surface area contributed by atoms with Crippen molar-refractivity contribution in [2.75, 3.05) is 86.7 Å². The molecule has 0 aliphatic heterocycles. The Hall–Kier alpha value is -0.240. The fourth-order valence-electron chi connectivity index (χ4n) is 1.75. The zero-order valence-electron chi connectivity index (χ0n) is 14.7. The Kier molecular flexibility index (Phi) is 18.6. The molecule has 0 unspecified atom stereocenters. The summed E-state index contributed by atoms with van der Waals surface area (Å²) in [6, 6.07) is 0. The summed E-state index contributed by atoms with van der Waals surface area (Å²) in [5, 5.41) is 0. The number of methoxy groups -OCH3 is 2. The molecule has 0 radical (unpaired) electrons. The zero-order chi connectivity index (χ0) is 16.3. The van der Waals surface area contributed by atoms with Crippen LogP contribution in [0.1, 0.15) is 19.8 Å². The van der Waals surface area contributed by atoms with E-state index in [-0.39, 0.29) is 0 Å². The zero-order valence-corrected chi connectivity index (χ0v) is 14.7. The predicted octanol–water partition coefficient (Wildman–Crippen LogP) is 1.43. The number of rotatable bonds is 18. The lowest BCUT2D eigenvalue weighted by Gasteiger charge is -2.22. The summed E-state index contributed by atoms with van der Waals surface area (Å²) in [6.07, 6.45) is 2.30. The number of hydrogen-bond acceptors (Lipinski definition) is 6. The molecule has 6 heteroatoms. The van der Waals surface area contributed by atoms with E-state index in [1.807, 2.05) is 0 Å². The Labute approximate surface area is 136 Å². The normalized spacial score (nSPS) is 11.5. The van der Waals surface area contributed by atoms with Crippen LogP contribution in [0.15, 0.2) is 0 Å². The quantitative estimate of drug-likeness (QED) is 0.356. The lowest BCUT2D eigenvalue weighted by Crippen LogP contribution is -2.34. The Bertz CT molecular complexity index is 174. The predicted molar refractivity (Wildman–Crippen MR) is 87.6 cm³/mol. The van der Waals surface area contributed by atoms with Crippen LogP contribution in [-0.2, 0) is 23.7 Å². The second kappa shape index (κ2) is 18.8. The summed E-state index contributed by atoms with van der Waals surface area (Å²) in [7, 11) is 3.36. The minimum Gasteiger partial charge on any atom is -0.382 e. The molecule has 0 aromatic heterocycles. The first-order valence-electron chi connectivity index (χ1n) is 8.28. The molecular weight excluding hydrogens is 286 g/mol. The van der Waals surface area contributed by atoms with Crippen molar-refractivity contribution >= 4 is 0 Å². The molecule has 0 spiro atoms. The summed E-state index contributed by atoms with van der Waals surface area (Å²) in [6.45, 7) is 10.4. The van der Waals surface area contributed by atoms with Gasteiger partial charge in [-0.1, -0.05) is 13.3 Å². The third kappa shape index (κ3) is 16.1. The van der Waals surface area contributed by atoms with Crippen LogP contribution in [0.3, 0.4) is 0 Å². The molecule has 6 nitrogen and oxygen atoms in total. The molecule has 0 rings (SSSR count). The first-order valence-corrected chi connectivity index (χ1v) is 8.28. The highest BCUT2D eigenvalue weighted by atomic mass is 16.5. The van der Waals surface area contributed by atoms with Crippen molar-refractivity contribution in [2.24, 2.45) is 0 Å². The van der Waals surface area contributed by atoms with Gasteiger partial charge in [-0.05, 0) is 6.42 Å². The van der Waals surface area contributed by atoms with E-state index in [4.69, 9.17) is 23.7 Å². The van der Waals surface area contributed by atoms with Gasteiger partial charge in [-0.3, -0.25) is 4.90 Å². The van der Waals surface area contributed by atoms with E-state index in [0.29, 0.717) is 39.6 Å². The fraction of sp³-hybridized carbons (Fsp3) is 1.00. The van der Waals surface area contributed by atoms with E-state index < -0.39 is 0 Å². The van der Waals surface area contributed by atoms with Gasteiger partial charge in [0, 0.05) is 40.5 Å². The van der Waals surface area contributed by atoms with Crippen molar-refractivity contribution in [3.63, 3.8) is 0 Å². The largest absolute Gasteiger partial charge is 0.382 e. The van der Waals surface area contributed by atoms with E-state index in [1.54, 1.807) is 14.2 Å². The van der Waals surface area contributed by atoms with Crippen molar-refractivity contribution in [3.8, 4) is 0 Å². The maximum absolute atomic E-state index is 5.63. The van der Waals surface area contributed by atoms with Crippen LogP contribution in [0.4, 0.5) is 0 Å². The smallest absolute Gasteiger partial charge is 0.0700 e. The molecule has 0 N–H and O–H groups in total. The SMILES string of the molecule is CCCCOCCN(CCOCCOC)CCOCCOC. The van der Waals surface area contributed by atoms with Crippen LogP contribution in [-0.4, -0.2) is 91.6 Å².